The van der Waals surface area contributed by atoms with Gasteiger partial charge in [0.2, 0.25) is 5.88 Å². The lowest BCUT2D eigenvalue weighted by Crippen LogP contribution is -2.38. The van der Waals surface area contributed by atoms with Crippen molar-refractivity contribution >= 4 is 22.8 Å². The van der Waals surface area contributed by atoms with E-state index in [2.05, 4.69) is 20.4 Å². The van der Waals surface area contributed by atoms with Crippen LogP contribution in [-0.2, 0) is 6.18 Å². The fourth-order valence-corrected chi connectivity index (χ4v) is 5.50. The molecule has 3 fully saturated rings. The molecular weight excluding hydrogens is 489 g/mol. The Morgan fingerprint density at radius 1 is 1.03 bits per heavy atom. The number of pyridine rings is 1. The molecule has 3 aliphatic rings. The van der Waals surface area contributed by atoms with E-state index in [4.69, 9.17) is 4.74 Å². The van der Waals surface area contributed by atoms with Crippen LogP contribution in [-0.4, -0.2) is 74.3 Å². The fourth-order valence-electron chi connectivity index (χ4n) is 5.50. The molecule has 2 atom stereocenters. The molecule has 4 heterocycles. The molecule has 2 aromatic heterocycles. The SMILES string of the molecule is C[C@]12CN(C(=O)c3cnc(OC4CCC4)c(C(F)(F)F)c3)C[C@@H]1CN(C(=O)c1ccc3n[nH]nc3c1)C2. The number of halogens is 3. The predicted molar refractivity (Wildman–Crippen MR) is 125 cm³/mol. The Bertz CT molecular complexity index is 1390. The summed E-state index contributed by atoms with van der Waals surface area (Å²) < 4.78 is 46.6. The third kappa shape index (κ3) is 4.17. The molecule has 9 nitrogen and oxygen atoms in total. The van der Waals surface area contributed by atoms with Gasteiger partial charge >= 0.3 is 6.18 Å². The normalized spacial score (nSPS) is 23.8. The molecule has 6 rings (SSSR count). The van der Waals surface area contributed by atoms with E-state index in [-0.39, 0.29) is 28.9 Å². The molecule has 2 aliphatic heterocycles. The van der Waals surface area contributed by atoms with Crippen LogP contribution in [0.2, 0.25) is 0 Å². The van der Waals surface area contributed by atoms with E-state index in [1.54, 1.807) is 28.0 Å². The van der Waals surface area contributed by atoms with Crippen LogP contribution < -0.4 is 4.74 Å². The van der Waals surface area contributed by atoms with Gasteiger partial charge in [0.05, 0.1) is 5.56 Å². The summed E-state index contributed by atoms with van der Waals surface area (Å²) in [4.78, 5) is 33.6. The number of hydrogen-bond acceptors (Lipinski definition) is 6. The van der Waals surface area contributed by atoms with Gasteiger partial charge in [-0.15, -0.1) is 0 Å². The van der Waals surface area contributed by atoms with Crippen molar-refractivity contribution in [1.82, 2.24) is 30.2 Å². The molecule has 1 aliphatic carbocycles. The van der Waals surface area contributed by atoms with Crippen molar-refractivity contribution in [2.45, 2.75) is 38.5 Å². The first-order valence-corrected chi connectivity index (χ1v) is 12.2. The van der Waals surface area contributed by atoms with E-state index < -0.39 is 23.5 Å². The van der Waals surface area contributed by atoms with E-state index in [0.717, 1.165) is 18.7 Å². The van der Waals surface area contributed by atoms with E-state index in [9.17, 15) is 22.8 Å². The van der Waals surface area contributed by atoms with Crippen molar-refractivity contribution in [3.63, 3.8) is 0 Å². The number of alkyl halides is 3. The number of carbonyl (C=O) groups is 2. The molecule has 2 saturated heterocycles. The minimum atomic E-state index is -4.69. The van der Waals surface area contributed by atoms with Crippen LogP contribution >= 0.6 is 0 Å². The second-order valence-electron chi connectivity index (χ2n) is 10.5. The molecule has 1 N–H and O–H groups in total. The number of fused-ring (bicyclic) bond motifs is 2. The monoisotopic (exact) mass is 514 g/mol. The number of H-pyrrole nitrogens is 1. The molecule has 1 saturated carbocycles. The predicted octanol–water partition coefficient (Wildman–Crippen LogP) is 3.54. The Kier molecular flexibility index (Phi) is 5.39. The number of aromatic amines is 1. The Morgan fingerprint density at radius 2 is 1.70 bits per heavy atom. The quantitative estimate of drug-likeness (QED) is 0.571. The van der Waals surface area contributed by atoms with Crippen molar-refractivity contribution in [3.8, 4) is 5.88 Å². The zero-order valence-corrected chi connectivity index (χ0v) is 20.1. The highest BCUT2D eigenvalue weighted by molar-refractivity contribution is 5.97. The van der Waals surface area contributed by atoms with Gasteiger partial charge in [-0.1, -0.05) is 6.92 Å². The number of aromatic nitrogens is 4. The molecule has 1 aromatic carbocycles. The second kappa shape index (κ2) is 8.42. The van der Waals surface area contributed by atoms with Gasteiger partial charge in [0.25, 0.3) is 11.8 Å². The number of amides is 2. The highest BCUT2D eigenvalue weighted by atomic mass is 19.4. The van der Waals surface area contributed by atoms with Gasteiger partial charge in [-0.2, -0.15) is 28.6 Å². The van der Waals surface area contributed by atoms with Crippen LogP contribution in [0.4, 0.5) is 13.2 Å². The molecule has 0 spiro atoms. The van der Waals surface area contributed by atoms with Crippen LogP contribution in [0.5, 0.6) is 5.88 Å². The highest BCUT2D eigenvalue weighted by Gasteiger charge is 2.52. The van der Waals surface area contributed by atoms with Gasteiger partial charge < -0.3 is 14.5 Å². The molecule has 0 bridgehead atoms. The van der Waals surface area contributed by atoms with Gasteiger partial charge in [-0.05, 0) is 43.5 Å². The minimum absolute atomic E-state index is 0.00690. The average Bonchev–Trinajstić information content (AvgIpc) is 3.51. The maximum atomic E-state index is 13.7. The van der Waals surface area contributed by atoms with E-state index >= 15 is 0 Å². The van der Waals surface area contributed by atoms with Gasteiger partial charge in [-0.25, -0.2) is 4.98 Å². The molecular formula is C25H25F3N6O3. The third-order valence-electron chi connectivity index (χ3n) is 7.84. The van der Waals surface area contributed by atoms with Crippen LogP contribution in [0, 0.1) is 11.3 Å². The summed E-state index contributed by atoms with van der Waals surface area (Å²) in [5.41, 5.74) is 0.262. The minimum Gasteiger partial charge on any atom is -0.474 e. The second-order valence-corrected chi connectivity index (χ2v) is 10.5. The number of benzene rings is 1. The molecule has 2 amide bonds. The Hall–Kier alpha value is -3.70. The Balaban J connectivity index is 1.16. The van der Waals surface area contributed by atoms with E-state index in [1.165, 1.54) is 0 Å². The maximum absolute atomic E-state index is 13.7. The Labute approximate surface area is 210 Å². The van der Waals surface area contributed by atoms with Gasteiger partial charge in [-0.3, -0.25) is 9.59 Å². The van der Waals surface area contributed by atoms with Gasteiger partial charge in [0.15, 0.2) is 0 Å². The lowest BCUT2D eigenvalue weighted by molar-refractivity contribution is -0.140. The summed E-state index contributed by atoms with van der Waals surface area (Å²) in [6, 6.07) is 5.98. The average molecular weight is 515 g/mol. The summed E-state index contributed by atoms with van der Waals surface area (Å²) in [6.07, 6.45) is -1.48. The topological polar surface area (TPSA) is 104 Å². The third-order valence-corrected chi connectivity index (χ3v) is 7.84. The van der Waals surface area contributed by atoms with Crippen LogP contribution in [0.3, 0.4) is 0 Å². The lowest BCUT2D eigenvalue weighted by atomic mass is 9.83. The maximum Gasteiger partial charge on any atom is 0.421 e. The van der Waals surface area contributed by atoms with Crippen molar-refractivity contribution in [3.05, 3.63) is 47.2 Å². The molecule has 12 heteroatoms. The van der Waals surface area contributed by atoms with Crippen molar-refractivity contribution in [2.24, 2.45) is 11.3 Å². The van der Waals surface area contributed by atoms with Crippen molar-refractivity contribution < 1.29 is 27.5 Å². The number of hydrogen-bond donors (Lipinski definition) is 1. The summed E-state index contributed by atoms with van der Waals surface area (Å²) in [5, 5.41) is 10.6. The summed E-state index contributed by atoms with van der Waals surface area (Å²) in [7, 11) is 0. The zero-order chi connectivity index (χ0) is 25.9. The number of rotatable bonds is 4. The van der Waals surface area contributed by atoms with Crippen molar-refractivity contribution in [1.29, 1.82) is 0 Å². The molecule has 37 heavy (non-hydrogen) atoms. The van der Waals surface area contributed by atoms with E-state index in [0.29, 0.717) is 55.6 Å². The molecule has 194 valence electrons. The lowest BCUT2D eigenvalue weighted by Gasteiger charge is -2.27. The van der Waals surface area contributed by atoms with Gasteiger partial charge in [0.1, 0.15) is 22.7 Å². The number of nitrogens with zero attached hydrogens (tertiary/aromatic N) is 5. The highest BCUT2D eigenvalue weighted by Crippen LogP contribution is 2.43. The first-order valence-electron chi connectivity index (χ1n) is 12.2. The zero-order valence-electron chi connectivity index (χ0n) is 20.1. The first kappa shape index (κ1) is 23.7. The smallest absolute Gasteiger partial charge is 0.421 e. The summed E-state index contributed by atoms with van der Waals surface area (Å²) in [5.74, 6) is -1.10. The fraction of sp³-hybridized carbons (Fsp3) is 0.480. The van der Waals surface area contributed by atoms with Crippen LogP contribution in [0.15, 0.2) is 30.5 Å². The summed E-state index contributed by atoms with van der Waals surface area (Å²) >= 11 is 0. The molecule has 3 aromatic rings. The largest absolute Gasteiger partial charge is 0.474 e. The van der Waals surface area contributed by atoms with Crippen molar-refractivity contribution in [2.75, 3.05) is 26.2 Å². The van der Waals surface area contributed by atoms with Crippen LogP contribution in [0.1, 0.15) is 52.5 Å². The molecule has 0 radical (unpaired) electrons. The first-order chi connectivity index (χ1) is 17.6. The number of carbonyl (C=O) groups excluding carboxylic acids is 2. The standard InChI is InChI=1S/C25H25F3N6O3/c1-24-12-33(22(35)14-5-6-19-20(8-14)31-32-30-19)10-16(24)11-34(13-24)23(36)15-7-18(25(26,27)28)21(29-9-15)37-17-3-2-4-17/h5-9,16-17H,2-4,10-13H2,1H3,(H,30,31,32)/t16-,24-/m0/s1. The van der Waals surface area contributed by atoms with Gasteiger partial charge in [0, 0.05) is 49.3 Å². The Morgan fingerprint density at radius 3 is 2.32 bits per heavy atom. The number of nitrogens with one attached hydrogen (secondary N) is 1. The molecule has 0 unspecified atom stereocenters. The number of likely N-dealkylation sites (tertiary alicyclic amines) is 2. The summed E-state index contributed by atoms with van der Waals surface area (Å²) in [6.45, 7) is 3.59. The van der Waals surface area contributed by atoms with Crippen LogP contribution in [0.25, 0.3) is 11.0 Å². The van der Waals surface area contributed by atoms with E-state index in [1.807, 2.05) is 6.92 Å². The number of ether oxygens (including phenoxy) is 1.